The van der Waals surface area contributed by atoms with Crippen LogP contribution in [0, 0.1) is 0 Å². The summed E-state index contributed by atoms with van der Waals surface area (Å²) in [4.78, 5) is 20.7. The second kappa shape index (κ2) is 4.68. The molecule has 0 amide bonds. The van der Waals surface area contributed by atoms with Crippen LogP contribution in [0.15, 0.2) is 0 Å². The Balaban J connectivity index is 3.66. The van der Waals surface area contributed by atoms with Crippen LogP contribution in [0.5, 0.6) is 0 Å². The van der Waals surface area contributed by atoms with Gasteiger partial charge in [-0.15, -0.1) is 0 Å². The van der Waals surface area contributed by atoms with Crippen molar-refractivity contribution in [3.05, 3.63) is 0 Å². The lowest BCUT2D eigenvalue weighted by molar-refractivity contribution is -0.148. The van der Waals surface area contributed by atoms with Crippen LogP contribution in [0.4, 0.5) is 0 Å². The van der Waals surface area contributed by atoms with Crippen LogP contribution in [0.2, 0.25) is 0 Å². The summed E-state index contributed by atoms with van der Waals surface area (Å²) >= 11 is 0. The number of hydrogen-bond acceptors (Lipinski definition) is 4. The highest BCUT2D eigenvalue weighted by Gasteiger charge is 2.16. The van der Waals surface area contributed by atoms with E-state index in [9.17, 15) is 9.59 Å². The van der Waals surface area contributed by atoms with Crippen molar-refractivity contribution in [2.45, 2.75) is 19.4 Å². The number of carboxylic acid groups (broad SMARTS) is 1. The average Bonchev–Trinajstić information content (AvgIpc) is 1.87. The number of carbonyl (C=O) groups excluding carboxylic acids is 1. The van der Waals surface area contributed by atoms with Gasteiger partial charge in [-0.2, -0.15) is 0 Å². The standard InChI is InChI=1S/C6H11NO4/c1-2-11-5(8)3-4(7)6(9)10/h4H,2-3,7H2,1H3,(H,9,10). The molecule has 5 nitrogen and oxygen atoms in total. The lowest BCUT2D eigenvalue weighted by atomic mass is 10.2. The minimum Gasteiger partial charge on any atom is -0.480 e. The Morgan fingerprint density at radius 3 is 2.55 bits per heavy atom. The Kier molecular flexibility index (Phi) is 4.21. The number of hydrogen-bond donors (Lipinski definition) is 2. The summed E-state index contributed by atoms with van der Waals surface area (Å²) in [6.45, 7) is 1.88. The molecule has 0 bridgehead atoms. The van der Waals surface area contributed by atoms with E-state index in [-0.39, 0.29) is 13.0 Å². The zero-order valence-corrected chi connectivity index (χ0v) is 6.24. The second-order valence-electron chi connectivity index (χ2n) is 1.95. The van der Waals surface area contributed by atoms with Crippen LogP contribution in [-0.2, 0) is 14.3 Å². The van der Waals surface area contributed by atoms with Crippen molar-refractivity contribution < 1.29 is 19.4 Å². The molecule has 0 aliphatic rings. The molecule has 0 radical (unpaired) electrons. The molecule has 64 valence electrons. The van der Waals surface area contributed by atoms with E-state index >= 15 is 0 Å². The Morgan fingerprint density at radius 2 is 2.18 bits per heavy atom. The zero-order valence-electron chi connectivity index (χ0n) is 6.24. The highest BCUT2D eigenvalue weighted by molar-refractivity contribution is 5.81. The number of carboxylic acids is 1. The van der Waals surface area contributed by atoms with Gasteiger partial charge >= 0.3 is 11.9 Å². The monoisotopic (exact) mass is 161 g/mol. The quantitative estimate of drug-likeness (QED) is 0.535. The maximum absolute atomic E-state index is 10.6. The van der Waals surface area contributed by atoms with E-state index in [4.69, 9.17) is 10.8 Å². The molecule has 1 atom stereocenters. The third-order valence-electron chi connectivity index (χ3n) is 1.01. The second-order valence-corrected chi connectivity index (χ2v) is 1.95. The number of carbonyl (C=O) groups is 2. The fourth-order valence-corrected chi connectivity index (χ4v) is 0.487. The molecule has 5 heteroatoms. The summed E-state index contributed by atoms with van der Waals surface area (Å²) < 4.78 is 4.48. The summed E-state index contributed by atoms with van der Waals surface area (Å²) in [6, 6.07) is -1.16. The van der Waals surface area contributed by atoms with Crippen LogP contribution in [0.3, 0.4) is 0 Å². The third kappa shape index (κ3) is 4.32. The molecule has 11 heavy (non-hydrogen) atoms. The van der Waals surface area contributed by atoms with E-state index in [1.807, 2.05) is 0 Å². The Labute approximate surface area is 64.1 Å². The summed E-state index contributed by atoms with van der Waals surface area (Å²) in [6.07, 6.45) is -0.275. The molecular formula is C6H11NO4. The largest absolute Gasteiger partial charge is 0.480 e. The third-order valence-corrected chi connectivity index (χ3v) is 1.01. The smallest absolute Gasteiger partial charge is 0.321 e. The first-order valence-electron chi connectivity index (χ1n) is 3.22. The van der Waals surface area contributed by atoms with Crippen LogP contribution in [-0.4, -0.2) is 29.7 Å². The maximum atomic E-state index is 10.6. The van der Waals surface area contributed by atoms with E-state index in [1.54, 1.807) is 6.92 Å². The van der Waals surface area contributed by atoms with Crippen LogP contribution >= 0.6 is 0 Å². The van der Waals surface area contributed by atoms with Gasteiger partial charge in [0.15, 0.2) is 0 Å². The molecular weight excluding hydrogens is 150 g/mol. The van der Waals surface area contributed by atoms with E-state index in [0.717, 1.165) is 0 Å². The van der Waals surface area contributed by atoms with Crippen molar-refractivity contribution in [1.82, 2.24) is 0 Å². The van der Waals surface area contributed by atoms with Gasteiger partial charge in [0.1, 0.15) is 6.04 Å². The van der Waals surface area contributed by atoms with Crippen molar-refractivity contribution in [3.8, 4) is 0 Å². The molecule has 0 saturated heterocycles. The van der Waals surface area contributed by atoms with E-state index in [2.05, 4.69) is 4.74 Å². The van der Waals surface area contributed by atoms with Crippen LogP contribution in [0.1, 0.15) is 13.3 Å². The first-order valence-corrected chi connectivity index (χ1v) is 3.22. The van der Waals surface area contributed by atoms with E-state index < -0.39 is 18.0 Å². The summed E-state index contributed by atoms with van der Waals surface area (Å²) in [5, 5.41) is 8.27. The topological polar surface area (TPSA) is 89.6 Å². The summed E-state index contributed by atoms with van der Waals surface area (Å²) in [5.74, 6) is -1.78. The van der Waals surface area contributed by atoms with Crippen LogP contribution in [0.25, 0.3) is 0 Å². The first-order chi connectivity index (χ1) is 5.07. The lowest BCUT2D eigenvalue weighted by Gasteiger charge is -2.04. The molecule has 0 heterocycles. The van der Waals surface area contributed by atoms with E-state index in [1.165, 1.54) is 0 Å². The SMILES string of the molecule is CCOC(=O)CC(N)C(=O)O. The van der Waals surface area contributed by atoms with Crippen molar-refractivity contribution in [2.24, 2.45) is 5.73 Å². The minimum absolute atomic E-state index is 0.241. The number of rotatable bonds is 4. The summed E-state index contributed by atoms with van der Waals surface area (Å²) in [5.41, 5.74) is 5.05. The molecule has 0 spiro atoms. The van der Waals surface area contributed by atoms with Gasteiger partial charge in [-0.3, -0.25) is 9.59 Å². The van der Waals surface area contributed by atoms with Gasteiger partial charge in [0.05, 0.1) is 13.0 Å². The molecule has 0 aromatic heterocycles. The molecule has 0 fully saturated rings. The maximum Gasteiger partial charge on any atom is 0.321 e. The molecule has 1 unspecified atom stereocenters. The highest BCUT2D eigenvalue weighted by atomic mass is 16.5. The Hall–Kier alpha value is -1.10. The number of ether oxygens (including phenoxy) is 1. The van der Waals surface area contributed by atoms with Gasteiger partial charge in [-0.05, 0) is 6.92 Å². The molecule has 0 aromatic carbocycles. The molecule has 0 aliphatic heterocycles. The van der Waals surface area contributed by atoms with Crippen molar-refractivity contribution >= 4 is 11.9 Å². The molecule has 0 rings (SSSR count). The molecule has 0 saturated carbocycles. The van der Waals surface area contributed by atoms with Crippen molar-refractivity contribution in [1.29, 1.82) is 0 Å². The molecule has 0 aromatic rings. The number of esters is 1. The van der Waals surface area contributed by atoms with Crippen molar-refractivity contribution in [3.63, 3.8) is 0 Å². The summed E-state index contributed by atoms with van der Waals surface area (Å²) in [7, 11) is 0. The van der Waals surface area contributed by atoms with Gasteiger partial charge in [0, 0.05) is 0 Å². The number of aliphatic carboxylic acids is 1. The average molecular weight is 161 g/mol. The van der Waals surface area contributed by atoms with Gasteiger partial charge < -0.3 is 15.6 Å². The molecule has 3 N–H and O–H groups in total. The minimum atomic E-state index is -1.20. The molecule has 0 aliphatic carbocycles. The fourth-order valence-electron chi connectivity index (χ4n) is 0.487. The lowest BCUT2D eigenvalue weighted by Crippen LogP contribution is -2.33. The Bertz CT molecular complexity index is 157. The van der Waals surface area contributed by atoms with Gasteiger partial charge in [-0.1, -0.05) is 0 Å². The Morgan fingerprint density at radius 1 is 1.64 bits per heavy atom. The van der Waals surface area contributed by atoms with Gasteiger partial charge in [0.25, 0.3) is 0 Å². The van der Waals surface area contributed by atoms with Crippen molar-refractivity contribution in [2.75, 3.05) is 6.61 Å². The van der Waals surface area contributed by atoms with E-state index in [0.29, 0.717) is 0 Å². The predicted octanol–water partition coefficient (Wildman–Crippen LogP) is -0.648. The first kappa shape index (κ1) is 9.90. The predicted molar refractivity (Wildman–Crippen MR) is 36.9 cm³/mol. The van der Waals surface area contributed by atoms with Gasteiger partial charge in [-0.25, -0.2) is 0 Å². The zero-order chi connectivity index (χ0) is 8.85. The fraction of sp³-hybridized carbons (Fsp3) is 0.667. The number of nitrogens with two attached hydrogens (primary N) is 1. The van der Waals surface area contributed by atoms with Crippen LogP contribution < -0.4 is 5.73 Å². The highest BCUT2D eigenvalue weighted by Crippen LogP contribution is 1.91. The van der Waals surface area contributed by atoms with Gasteiger partial charge in [0.2, 0.25) is 0 Å². The normalized spacial score (nSPS) is 12.2.